The van der Waals surface area contributed by atoms with E-state index in [1.807, 2.05) is 0 Å². The van der Waals surface area contributed by atoms with Crippen LogP contribution in [0.15, 0.2) is 5.38 Å². The van der Waals surface area contributed by atoms with Crippen molar-refractivity contribution in [3.05, 3.63) is 16.1 Å². The van der Waals surface area contributed by atoms with Gasteiger partial charge in [0.2, 0.25) is 0 Å². The van der Waals surface area contributed by atoms with Crippen LogP contribution >= 0.6 is 11.3 Å². The second-order valence-corrected chi connectivity index (χ2v) is 7.36. The Bertz CT molecular complexity index is 351. The van der Waals surface area contributed by atoms with Crippen LogP contribution in [0.1, 0.15) is 51.7 Å². The van der Waals surface area contributed by atoms with Gasteiger partial charge in [0.15, 0.2) is 0 Å². The van der Waals surface area contributed by atoms with E-state index in [2.05, 4.69) is 57.2 Å². The van der Waals surface area contributed by atoms with Crippen LogP contribution in [-0.2, 0) is 6.42 Å². The van der Waals surface area contributed by atoms with E-state index < -0.39 is 0 Å². The van der Waals surface area contributed by atoms with Gasteiger partial charge in [-0.05, 0) is 46.0 Å². The monoisotopic (exact) mass is 254 g/mol. The molecule has 1 aromatic rings. The summed E-state index contributed by atoms with van der Waals surface area (Å²) in [5.74, 6) is 0. The second kappa shape index (κ2) is 5.49. The number of aromatic nitrogens is 1. The lowest BCUT2D eigenvalue weighted by Gasteiger charge is -2.32. The van der Waals surface area contributed by atoms with Gasteiger partial charge < -0.3 is 5.32 Å². The zero-order valence-corrected chi connectivity index (χ0v) is 12.9. The van der Waals surface area contributed by atoms with Gasteiger partial charge in [-0.2, -0.15) is 0 Å². The molecule has 0 spiro atoms. The highest BCUT2D eigenvalue weighted by Crippen LogP contribution is 2.27. The van der Waals surface area contributed by atoms with Crippen molar-refractivity contribution < 1.29 is 0 Å². The summed E-state index contributed by atoms with van der Waals surface area (Å²) in [6, 6.07) is 0. The zero-order chi connectivity index (χ0) is 13.1. The van der Waals surface area contributed by atoms with Crippen LogP contribution < -0.4 is 5.32 Å². The Labute approximate surface area is 110 Å². The third-order valence-corrected chi connectivity index (χ3v) is 4.00. The first kappa shape index (κ1) is 14.7. The molecule has 1 unspecified atom stereocenters. The van der Waals surface area contributed by atoms with Gasteiger partial charge in [0.1, 0.15) is 0 Å². The molecule has 0 aliphatic carbocycles. The van der Waals surface area contributed by atoms with Crippen molar-refractivity contribution in [2.24, 2.45) is 5.41 Å². The number of hydrogen-bond donors (Lipinski definition) is 1. The van der Waals surface area contributed by atoms with E-state index in [0.717, 1.165) is 13.0 Å². The van der Waals surface area contributed by atoms with E-state index in [1.54, 1.807) is 11.3 Å². The van der Waals surface area contributed by atoms with Crippen molar-refractivity contribution in [1.82, 2.24) is 10.3 Å². The SMILES string of the molecule is CCC(C)(CNC(C)(C)C)Cc1csc(C)n1. The molecular weight excluding hydrogens is 228 g/mol. The molecule has 1 rings (SSSR count). The fourth-order valence-electron chi connectivity index (χ4n) is 1.72. The third-order valence-electron chi connectivity index (χ3n) is 3.17. The lowest BCUT2D eigenvalue weighted by Crippen LogP contribution is -2.43. The number of aryl methyl sites for hydroxylation is 1. The first-order valence-corrected chi connectivity index (χ1v) is 7.28. The van der Waals surface area contributed by atoms with Crippen LogP contribution in [0, 0.1) is 12.3 Å². The molecule has 0 bridgehead atoms. The number of rotatable bonds is 5. The molecule has 1 aromatic heterocycles. The van der Waals surface area contributed by atoms with E-state index in [-0.39, 0.29) is 5.54 Å². The number of nitrogens with zero attached hydrogens (tertiary/aromatic N) is 1. The van der Waals surface area contributed by atoms with Gasteiger partial charge in [-0.1, -0.05) is 13.8 Å². The smallest absolute Gasteiger partial charge is 0.0897 e. The van der Waals surface area contributed by atoms with Gasteiger partial charge in [-0.15, -0.1) is 11.3 Å². The minimum Gasteiger partial charge on any atom is -0.312 e. The Morgan fingerprint density at radius 3 is 2.35 bits per heavy atom. The Morgan fingerprint density at radius 2 is 1.94 bits per heavy atom. The molecule has 3 heteroatoms. The summed E-state index contributed by atoms with van der Waals surface area (Å²) in [5, 5.41) is 6.98. The average Bonchev–Trinajstić information content (AvgIpc) is 2.60. The molecule has 0 aliphatic heterocycles. The molecule has 2 nitrogen and oxygen atoms in total. The lowest BCUT2D eigenvalue weighted by atomic mass is 9.82. The van der Waals surface area contributed by atoms with E-state index in [4.69, 9.17) is 0 Å². The van der Waals surface area contributed by atoms with Crippen molar-refractivity contribution in [2.75, 3.05) is 6.54 Å². The minimum absolute atomic E-state index is 0.189. The molecule has 0 radical (unpaired) electrons. The second-order valence-electron chi connectivity index (χ2n) is 6.30. The van der Waals surface area contributed by atoms with Crippen LogP contribution in [0.4, 0.5) is 0 Å². The Morgan fingerprint density at radius 1 is 1.29 bits per heavy atom. The maximum absolute atomic E-state index is 4.58. The van der Waals surface area contributed by atoms with Gasteiger partial charge in [0.25, 0.3) is 0 Å². The van der Waals surface area contributed by atoms with Gasteiger partial charge in [-0.3, -0.25) is 0 Å². The number of hydrogen-bond acceptors (Lipinski definition) is 3. The molecule has 0 amide bonds. The molecule has 1 N–H and O–H groups in total. The van der Waals surface area contributed by atoms with Gasteiger partial charge in [-0.25, -0.2) is 4.98 Å². The largest absolute Gasteiger partial charge is 0.312 e. The normalized spacial score (nSPS) is 15.9. The standard InChI is InChI=1S/C14H26N2S/c1-7-14(6,10-15-13(3,4)5)8-12-9-17-11(2)16-12/h9,15H,7-8,10H2,1-6H3. The summed E-state index contributed by atoms with van der Waals surface area (Å²) < 4.78 is 0. The quantitative estimate of drug-likeness (QED) is 0.864. The first-order valence-electron chi connectivity index (χ1n) is 6.40. The van der Waals surface area contributed by atoms with Crippen molar-refractivity contribution in [3.63, 3.8) is 0 Å². The molecule has 0 saturated heterocycles. The highest BCUT2D eigenvalue weighted by Gasteiger charge is 2.25. The van der Waals surface area contributed by atoms with Crippen LogP contribution in [0.25, 0.3) is 0 Å². The molecule has 17 heavy (non-hydrogen) atoms. The molecule has 0 saturated carbocycles. The summed E-state index contributed by atoms with van der Waals surface area (Å²) in [6.45, 7) is 14.4. The molecule has 1 heterocycles. The summed E-state index contributed by atoms with van der Waals surface area (Å²) in [7, 11) is 0. The van der Waals surface area contributed by atoms with Crippen molar-refractivity contribution in [2.45, 2.75) is 59.9 Å². The fraction of sp³-hybridized carbons (Fsp3) is 0.786. The Hall–Kier alpha value is -0.410. The molecular formula is C14H26N2S. The van der Waals surface area contributed by atoms with Crippen molar-refractivity contribution in [3.8, 4) is 0 Å². The maximum atomic E-state index is 4.58. The van der Waals surface area contributed by atoms with Crippen LogP contribution in [0.3, 0.4) is 0 Å². The third kappa shape index (κ3) is 5.17. The highest BCUT2D eigenvalue weighted by atomic mass is 32.1. The number of thiazole rings is 1. The zero-order valence-electron chi connectivity index (χ0n) is 12.1. The molecule has 0 aliphatic rings. The van der Waals surface area contributed by atoms with Crippen LogP contribution in [-0.4, -0.2) is 17.1 Å². The summed E-state index contributed by atoms with van der Waals surface area (Å²) in [5.41, 5.74) is 1.73. The summed E-state index contributed by atoms with van der Waals surface area (Å²) in [6.07, 6.45) is 2.24. The van der Waals surface area contributed by atoms with Gasteiger partial charge >= 0.3 is 0 Å². The van der Waals surface area contributed by atoms with Crippen LogP contribution in [0.5, 0.6) is 0 Å². The predicted octanol–water partition coefficient (Wildman–Crippen LogP) is 3.80. The maximum Gasteiger partial charge on any atom is 0.0897 e. The van der Waals surface area contributed by atoms with Crippen molar-refractivity contribution >= 4 is 11.3 Å². The van der Waals surface area contributed by atoms with Gasteiger partial charge in [0.05, 0.1) is 10.7 Å². The van der Waals surface area contributed by atoms with Crippen molar-refractivity contribution in [1.29, 1.82) is 0 Å². The molecule has 1 atom stereocenters. The number of nitrogens with one attached hydrogen (secondary N) is 1. The van der Waals surface area contributed by atoms with E-state index in [0.29, 0.717) is 5.41 Å². The fourth-order valence-corrected chi connectivity index (χ4v) is 2.33. The average molecular weight is 254 g/mol. The highest BCUT2D eigenvalue weighted by molar-refractivity contribution is 7.09. The van der Waals surface area contributed by atoms with E-state index in [1.165, 1.54) is 17.1 Å². The molecule has 0 aromatic carbocycles. The summed E-state index contributed by atoms with van der Waals surface area (Å²) in [4.78, 5) is 4.58. The minimum atomic E-state index is 0.189. The molecule has 98 valence electrons. The lowest BCUT2D eigenvalue weighted by molar-refractivity contribution is 0.253. The Balaban J connectivity index is 2.62. The first-order chi connectivity index (χ1) is 7.74. The topological polar surface area (TPSA) is 24.9 Å². The van der Waals surface area contributed by atoms with E-state index in [9.17, 15) is 0 Å². The van der Waals surface area contributed by atoms with Gasteiger partial charge in [0, 0.05) is 17.5 Å². The molecule has 0 fully saturated rings. The summed E-state index contributed by atoms with van der Waals surface area (Å²) >= 11 is 1.75. The predicted molar refractivity (Wildman–Crippen MR) is 76.7 cm³/mol. The van der Waals surface area contributed by atoms with E-state index >= 15 is 0 Å². The van der Waals surface area contributed by atoms with Crippen LogP contribution in [0.2, 0.25) is 0 Å². The Kier molecular flexibility index (Phi) is 4.73.